The lowest BCUT2D eigenvalue weighted by atomic mass is 9.85. The van der Waals surface area contributed by atoms with Crippen LogP contribution in [-0.4, -0.2) is 33.6 Å². The number of nitrogens with zero attached hydrogens (tertiary/aromatic N) is 2. The number of rotatable bonds is 4. The van der Waals surface area contributed by atoms with Crippen molar-refractivity contribution in [1.29, 1.82) is 0 Å². The van der Waals surface area contributed by atoms with E-state index in [2.05, 4.69) is 15.7 Å². The van der Waals surface area contributed by atoms with Crippen LogP contribution < -0.4 is 10.6 Å². The van der Waals surface area contributed by atoms with Gasteiger partial charge in [-0.3, -0.25) is 0 Å². The van der Waals surface area contributed by atoms with Gasteiger partial charge in [-0.05, 0) is 51.0 Å². The summed E-state index contributed by atoms with van der Waals surface area (Å²) in [5, 5.41) is 19.9. The summed E-state index contributed by atoms with van der Waals surface area (Å²) in [5.41, 5.74) is 3.64. The van der Waals surface area contributed by atoms with Crippen molar-refractivity contribution in [1.82, 2.24) is 15.1 Å². The van der Waals surface area contributed by atoms with Gasteiger partial charge in [0.1, 0.15) is 0 Å². The summed E-state index contributed by atoms with van der Waals surface area (Å²) in [7, 11) is 0. The number of aliphatic hydroxyl groups excluding tert-OH is 1. The Labute approximate surface area is 148 Å². The summed E-state index contributed by atoms with van der Waals surface area (Å²) < 4.78 is 1.86. The molecule has 2 atom stereocenters. The average Bonchev–Trinajstić information content (AvgIpc) is 2.94. The van der Waals surface area contributed by atoms with Crippen molar-refractivity contribution in [2.45, 2.75) is 45.6 Å². The first-order valence-electron chi connectivity index (χ1n) is 8.89. The second-order valence-electron chi connectivity index (χ2n) is 6.82. The van der Waals surface area contributed by atoms with Gasteiger partial charge in [0.05, 0.1) is 11.4 Å². The minimum Gasteiger partial charge on any atom is -0.396 e. The molecule has 2 amide bonds. The van der Waals surface area contributed by atoms with E-state index in [1.807, 2.05) is 48.9 Å². The van der Waals surface area contributed by atoms with Gasteiger partial charge >= 0.3 is 6.03 Å². The van der Waals surface area contributed by atoms with Gasteiger partial charge in [0.15, 0.2) is 0 Å². The van der Waals surface area contributed by atoms with E-state index < -0.39 is 0 Å². The second-order valence-corrected chi connectivity index (χ2v) is 6.82. The lowest BCUT2D eigenvalue weighted by Crippen LogP contribution is -2.45. The number of aromatic nitrogens is 2. The van der Waals surface area contributed by atoms with Gasteiger partial charge in [-0.25, -0.2) is 9.48 Å². The van der Waals surface area contributed by atoms with Gasteiger partial charge in [-0.1, -0.05) is 18.9 Å². The third-order valence-corrected chi connectivity index (χ3v) is 4.82. The third-order valence-electron chi connectivity index (χ3n) is 4.82. The molecule has 6 heteroatoms. The van der Waals surface area contributed by atoms with E-state index in [4.69, 9.17) is 0 Å². The number of urea groups is 1. The molecule has 1 fully saturated rings. The number of nitrogens with one attached hydrogen (secondary N) is 2. The van der Waals surface area contributed by atoms with Crippen LogP contribution in [0.1, 0.15) is 37.1 Å². The van der Waals surface area contributed by atoms with Gasteiger partial charge in [0.2, 0.25) is 0 Å². The lowest BCUT2D eigenvalue weighted by Gasteiger charge is -2.30. The molecule has 0 radical (unpaired) electrons. The smallest absolute Gasteiger partial charge is 0.319 e. The van der Waals surface area contributed by atoms with Crippen LogP contribution in [0.15, 0.2) is 30.3 Å². The molecule has 25 heavy (non-hydrogen) atoms. The summed E-state index contributed by atoms with van der Waals surface area (Å²) >= 11 is 0. The molecule has 0 bridgehead atoms. The van der Waals surface area contributed by atoms with Crippen molar-refractivity contribution in [3.63, 3.8) is 0 Å². The molecule has 0 aliphatic heterocycles. The first kappa shape index (κ1) is 17.5. The Kier molecular flexibility index (Phi) is 5.38. The summed E-state index contributed by atoms with van der Waals surface area (Å²) in [4.78, 5) is 12.3. The van der Waals surface area contributed by atoms with E-state index in [0.717, 1.165) is 48.4 Å². The number of anilines is 1. The van der Waals surface area contributed by atoms with Crippen molar-refractivity contribution < 1.29 is 9.90 Å². The Morgan fingerprint density at radius 2 is 2.08 bits per heavy atom. The topological polar surface area (TPSA) is 79.2 Å². The molecule has 3 rings (SSSR count). The van der Waals surface area contributed by atoms with Crippen molar-refractivity contribution >= 4 is 11.7 Å². The summed E-state index contributed by atoms with van der Waals surface area (Å²) in [6.07, 6.45) is 4.10. The molecule has 1 aromatic carbocycles. The molecule has 1 aliphatic carbocycles. The highest BCUT2D eigenvalue weighted by molar-refractivity contribution is 5.89. The summed E-state index contributed by atoms with van der Waals surface area (Å²) in [6.45, 7) is 4.09. The molecule has 2 aromatic rings. The fourth-order valence-electron chi connectivity index (χ4n) is 3.56. The first-order valence-corrected chi connectivity index (χ1v) is 8.89. The lowest BCUT2D eigenvalue weighted by molar-refractivity contribution is 0.156. The molecular weight excluding hydrogens is 316 g/mol. The van der Waals surface area contributed by atoms with Crippen LogP contribution in [0.4, 0.5) is 10.5 Å². The number of hydrogen-bond donors (Lipinski definition) is 3. The van der Waals surface area contributed by atoms with Crippen LogP contribution in [0.2, 0.25) is 0 Å². The molecule has 134 valence electrons. The normalized spacial score (nSPS) is 20.3. The maximum Gasteiger partial charge on any atom is 0.319 e. The first-order chi connectivity index (χ1) is 12.1. The molecule has 1 aliphatic rings. The van der Waals surface area contributed by atoms with Crippen LogP contribution >= 0.6 is 0 Å². The predicted octanol–water partition coefficient (Wildman–Crippen LogP) is 3.16. The Hall–Kier alpha value is -2.34. The Balaban J connectivity index is 1.67. The number of amides is 2. The van der Waals surface area contributed by atoms with E-state index in [-0.39, 0.29) is 24.6 Å². The van der Waals surface area contributed by atoms with Gasteiger partial charge in [0.25, 0.3) is 0 Å². The molecule has 1 saturated carbocycles. The predicted molar refractivity (Wildman–Crippen MR) is 98.0 cm³/mol. The maximum atomic E-state index is 12.3. The molecule has 1 aromatic heterocycles. The molecule has 0 spiro atoms. The van der Waals surface area contributed by atoms with E-state index in [9.17, 15) is 9.90 Å². The highest BCUT2D eigenvalue weighted by atomic mass is 16.3. The van der Waals surface area contributed by atoms with Crippen LogP contribution in [0.5, 0.6) is 0 Å². The highest BCUT2D eigenvalue weighted by Crippen LogP contribution is 2.24. The number of aliphatic hydroxyl groups is 1. The number of aryl methyl sites for hydroxylation is 2. The molecular formula is C19H26N4O2. The number of hydrogen-bond acceptors (Lipinski definition) is 3. The zero-order valence-electron chi connectivity index (χ0n) is 14.8. The second kappa shape index (κ2) is 7.70. The van der Waals surface area contributed by atoms with Crippen molar-refractivity contribution in [3.8, 4) is 5.69 Å². The van der Waals surface area contributed by atoms with Crippen LogP contribution in [0.25, 0.3) is 5.69 Å². The third kappa shape index (κ3) is 4.20. The maximum absolute atomic E-state index is 12.3. The molecule has 2 unspecified atom stereocenters. The Morgan fingerprint density at radius 1 is 1.28 bits per heavy atom. The van der Waals surface area contributed by atoms with E-state index >= 15 is 0 Å². The van der Waals surface area contributed by atoms with Crippen molar-refractivity contribution in [3.05, 3.63) is 41.7 Å². The summed E-state index contributed by atoms with van der Waals surface area (Å²) in [5.74, 6) is 0.153. The fourth-order valence-corrected chi connectivity index (χ4v) is 3.56. The number of carbonyl (C=O) groups excluding carboxylic acids is 1. The molecule has 1 heterocycles. The minimum absolute atomic E-state index is 0.0398. The standard InChI is InChI=1S/C19H26N4O2/c1-13-10-14(2)23(22-13)17-8-5-7-16(11-17)20-19(25)21-18-9-4-3-6-15(18)12-24/h5,7-8,10-11,15,18,24H,3-4,6,9,12H2,1-2H3,(H2,20,21,25). The van der Waals surface area contributed by atoms with Crippen molar-refractivity contribution in [2.24, 2.45) is 5.92 Å². The number of carbonyl (C=O) groups is 1. The quantitative estimate of drug-likeness (QED) is 0.798. The molecule has 3 N–H and O–H groups in total. The Morgan fingerprint density at radius 3 is 2.80 bits per heavy atom. The molecule has 0 saturated heterocycles. The van der Waals surface area contributed by atoms with Crippen LogP contribution in [0.3, 0.4) is 0 Å². The monoisotopic (exact) mass is 342 g/mol. The fraction of sp³-hybridized carbons (Fsp3) is 0.474. The minimum atomic E-state index is -0.226. The molecule has 6 nitrogen and oxygen atoms in total. The van der Waals surface area contributed by atoms with Crippen LogP contribution in [-0.2, 0) is 0 Å². The highest BCUT2D eigenvalue weighted by Gasteiger charge is 2.25. The van der Waals surface area contributed by atoms with E-state index in [1.54, 1.807) is 0 Å². The largest absolute Gasteiger partial charge is 0.396 e. The summed E-state index contributed by atoms with van der Waals surface area (Å²) in [6, 6.07) is 9.46. The van der Waals surface area contributed by atoms with Gasteiger partial charge < -0.3 is 15.7 Å². The van der Waals surface area contributed by atoms with Gasteiger partial charge in [-0.15, -0.1) is 0 Å². The van der Waals surface area contributed by atoms with Crippen molar-refractivity contribution in [2.75, 3.05) is 11.9 Å². The van der Waals surface area contributed by atoms with Gasteiger partial charge in [-0.2, -0.15) is 5.10 Å². The zero-order chi connectivity index (χ0) is 17.8. The van der Waals surface area contributed by atoms with E-state index in [1.165, 1.54) is 0 Å². The van der Waals surface area contributed by atoms with Gasteiger partial charge in [0, 0.05) is 29.9 Å². The van der Waals surface area contributed by atoms with Crippen LogP contribution in [0, 0.1) is 19.8 Å². The SMILES string of the molecule is Cc1cc(C)n(-c2cccc(NC(=O)NC3CCCCC3CO)c2)n1. The zero-order valence-corrected chi connectivity index (χ0v) is 14.8. The Bertz CT molecular complexity index is 741. The number of benzene rings is 1. The average molecular weight is 342 g/mol. The van der Waals surface area contributed by atoms with E-state index in [0.29, 0.717) is 0 Å².